The average molecular weight is 377 g/mol. The van der Waals surface area contributed by atoms with Gasteiger partial charge in [0.25, 0.3) is 5.91 Å². The van der Waals surface area contributed by atoms with E-state index in [0.717, 1.165) is 9.35 Å². The van der Waals surface area contributed by atoms with Crippen LogP contribution in [0.5, 0.6) is 0 Å². The Morgan fingerprint density at radius 2 is 2.08 bits per heavy atom. The smallest absolute Gasteiger partial charge is 0.329 e. The molecule has 1 aromatic heterocycles. The molecule has 0 spiro atoms. The Hall–Kier alpha value is -2.46. The number of carbonyl (C=O) groups is 3. The predicted octanol–water partition coefficient (Wildman–Crippen LogP) is 1.42. The van der Waals surface area contributed by atoms with E-state index in [1.165, 1.54) is 16.2 Å². The van der Waals surface area contributed by atoms with Gasteiger partial charge in [-0.15, -0.1) is 10.2 Å². The highest BCUT2D eigenvalue weighted by Crippen LogP contribution is 2.21. The first-order valence-corrected chi connectivity index (χ1v) is 9.25. The van der Waals surface area contributed by atoms with Gasteiger partial charge in [-0.3, -0.25) is 19.8 Å². The summed E-state index contributed by atoms with van der Waals surface area (Å²) < 4.78 is 0.884. The van der Waals surface area contributed by atoms with Gasteiger partial charge in [-0.2, -0.15) is 0 Å². The van der Waals surface area contributed by atoms with Crippen LogP contribution in [0.2, 0.25) is 0 Å². The van der Waals surface area contributed by atoms with Gasteiger partial charge >= 0.3 is 6.03 Å². The highest BCUT2D eigenvalue weighted by molar-refractivity contribution is 8.01. The van der Waals surface area contributed by atoms with Crippen molar-refractivity contribution in [2.75, 3.05) is 23.7 Å². The van der Waals surface area contributed by atoms with Gasteiger partial charge in [0.2, 0.25) is 5.91 Å². The SMILES string of the molecule is Cc1nnc(SCCNC(=O)c2ccc(N3CC(=O)NC3=O)cc2)s1. The first-order valence-electron chi connectivity index (χ1n) is 7.45. The number of carbonyl (C=O) groups excluding carboxylic acids is 3. The van der Waals surface area contributed by atoms with E-state index < -0.39 is 6.03 Å². The molecule has 3 rings (SSSR count). The summed E-state index contributed by atoms with van der Waals surface area (Å²) in [6.07, 6.45) is 0. The Labute approximate surface area is 152 Å². The minimum Gasteiger partial charge on any atom is -0.351 e. The number of thioether (sulfide) groups is 1. The Morgan fingerprint density at radius 3 is 2.68 bits per heavy atom. The van der Waals surface area contributed by atoms with E-state index in [1.807, 2.05) is 6.92 Å². The Balaban J connectivity index is 1.49. The molecule has 4 amide bonds. The molecule has 0 aliphatic carbocycles. The lowest BCUT2D eigenvalue weighted by Gasteiger charge is -2.13. The maximum absolute atomic E-state index is 12.1. The van der Waals surface area contributed by atoms with Crippen molar-refractivity contribution >= 4 is 46.6 Å². The number of aryl methyl sites for hydroxylation is 1. The number of anilines is 1. The highest BCUT2D eigenvalue weighted by atomic mass is 32.2. The van der Waals surface area contributed by atoms with Crippen molar-refractivity contribution in [2.45, 2.75) is 11.3 Å². The fraction of sp³-hybridized carbons (Fsp3) is 0.267. The number of amides is 4. The van der Waals surface area contributed by atoms with Crippen molar-refractivity contribution in [1.29, 1.82) is 0 Å². The highest BCUT2D eigenvalue weighted by Gasteiger charge is 2.27. The summed E-state index contributed by atoms with van der Waals surface area (Å²) in [7, 11) is 0. The maximum atomic E-state index is 12.1. The molecule has 2 aromatic rings. The molecule has 0 unspecified atom stereocenters. The molecular formula is C15H15N5O3S2. The standard InChI is InChI=1S/C15H15N5O3S2/c1-9-18-19-15(25-9)24-7-6-16-13(22)10-2-4-11(5-3-10)20-8-12(21)17-14(20)23/h2-5H,6-8H2,1H3,(H,16,22)(H,17,21,23). The van der Waals surface area contributed by atoms with E-state index >= 15 is 0 Å². The maximum Gasteiger partial charge on any atom is 0.329 e. The summed E-state index contributed by atoms with van der Waals surface area (Å²) in [4.78, 5) is 36.3. The lowest BCUT2D eigenvalue weighted by Crippen LogP contribution is -2.28. The van der Waals surface area contributed by atoms with Crippen LogP contribution in [0, 0.1) is 6.92 Å². The number of rotatable bonds is 6. The number of aromatic nitrogens is 2. The second kappa shape index (κ2) is 7.62. The molecule has 1 aliphatic heterocycles. The summed E-state index contributed by atoms with van der Waals surface area (Å²) in [6, 6.07) is 6.09. The van der Waals surface area contributed by atoms with E-state index in [9.17, 15) is 14.4 Å². The van der Waals surface area contributed by atoms with Gasteiger partial charge in [-0.05, 0) is 31.2 Å². The lowest BCUT2D eigenvalue weighted by atomic mass is 10.2. The lowest BCUT2D eigenvalue weighted by molar-refractivity contribution is -0.117. The van der Waals surface area contributed by atoms with Crippen LogP contribution in [-0.4, -0.2) is 46.9 Å². The number of hydrogen-bond acceptors (Lipinski definition) is 7. The first-order chi connectivity index (χ1) is 12.0. The van der Waals surface area contributed by atoms with Crippen LogP contribution in [0.3, 0.4) is 0 Å². The third-order valence-electron chi connectivity index (χ3n) is 3.36. The monoisotopic (exact) mass is 377 g/mol. The minimum atomic E-state index is -0.453. The summed E-state index contributed by atoms with van der Waals surface area (Å²) >= 11 is 3.07. The molecule has 1 aliphatic rings. The van der Waals surface area contributed by atoms with Gasteiger partial charge in [0.15, 0.2) is 4.34 Å². The second-order valence-corrected chi connectivity index (χ2v) is 7.70. The van der Waals surface area contributed by atoms with Crippen LogP contribution in [0.15, 0.2) is 28.6 Å². The summed E-state index contributed by atoms with van der Waals surface area (Å²) in [5.41, 5.74) is 1.06. The van der Waals surface area contributed by atoms with Crippen molar-refractivity contribution in [3.8, 4) is 0 Å². The number of nitrogens with one attached hydrogen (secondary N) is 2. The molecule has 8 nitrogen and oxygen atoms in total. The normalized spacial score (nSPS) is 13.9. The topological polar surface area (TPSA) is 104 Å². The number of urea groups is 1. The van der Waals surface area contributed by atoms with E-state index in [1.54, 1.807) is 36.0 Å². The number of nitrogens with zero attached hydrogens (tertiary/aromatic N) is 3. The molecule has 0 atom stereocenters. The van der Waals surface area contributed by atoms with Crippen LogP contribution in [0.1, 0.15) is 15.4 Å². The third-order valence-corrected chi connectivity index (χ3v) is 5.33. The van der Waals surface area contributed by atoms with Crippen molar-refractivity contribution < 1.29 is 14.4 Å². The molecule has 1 fully saturated rings. The van der Waals surface area contributed by atoms with E-state index in [2.05, 4.69) is 20.8 Å². The fourth-order valence-corrected chi connectivity index (χ4v) is 3.93. The Bertz CT molecular complexity index is 806. The molecule has 25 heavy (non-hydrogen) atoms. The fourth-order valence-electron chi connectivity index (χ4n) is 2.18. The molecule has 0 bridgehead atoms. The van der Waals surface area contributed by atoms with Crippen LogP contribution >= 0.6 is 23.1 Å². The zero-order chi connectivity index (χ0) is 17.8. The number of hydrogen-bond donors (Lipinski definition) is 2. The van der Waals surface area contributed by atoms with Crippen LogP contribution in [-0.2, 0) is 4.79 Å². The molecule has 2 heterocycles. The van der Waals surface area contributed by atoms with Gasteiger partial charge in [-0.25, -0.2) is 4.79 Å². The van der Waals surface area contributed by atoms with Gasteiger partial charge in [0.1, 0.15) is 11.6 Å². The third kappa shape index (κ3) is 4.34. The van der Waals surface area contributed by atoms with Crippen LogP contribution < -0.4 is 15.5 Å². The molecule has 0 radical (unpaired) electrons. The predicted molar refractivity (Wildman–Crippen MR) is 95.0 cm³/mol. The second-order valence-electron chi connectivity index (χ2n) is 5.18. The molecular weight excluding hydrogens is 362 g/mol. The van der Waals surface area contributed by atoms with Gasteiger partial charge < -0.3 is 5.32 Å². The van der Waals surface area contributed by atoms with Crippen LogP contribution in [0.4, 0.5) is 10.5 Å². The van der Waals surface area contributed by atoms with Crippen molar-refractivity contribution in [3.63, 3.8) is 0 Å². The van der Waals surface area contributed by atoms with E-state index in [-0.39, 0.29) is 18.4 Å². The molecule has 130 valence electrons. The van der Waals surface area contributed by atoms with Crippen molar-refractivity contribution in [2.24, 2.45) is 0 Å². The average Bonchev–Trinajstić information content (AvgIpc) is 3.16. The van der Waals surface area contributed by atoms with Crippen LogP contribution in [0.25, 0.3) is 0 Å². The zero-order valence-corrected chi connectivity index (χ0v) is 14.9. The summed E-state index contributed by atoms with van der Waals surface area (Å²) in [5, 5.41) is 13.9. The molecule has 0 saturated carbocycles. The van der Waals surface area contributed by atoms with Crippen molar-refractivity contribution in [1.82, 2.24) is 20.8 Å². The molecule has 10 heteroatoms. The molecule has 2 N–H and O–H groups in total. The number of benzene rings is 1. The van der Waals surface area contributed by atoms with Gasteiger partial charge in [0.05, 0.1) is 0 Å². The molecule has 1 saturated heterocycles. The largest absolute Gasteiger partial charge is 0.351 e. The summed E-state index contributed by atoms with van der Waals surface area (Å²) in [5.74, 6) is 0.173. The van der Waals surface area contributed by atoms with E-state index in [4.69, 9.17) is 0 Å². The van der Waals surface area contributed by atoms with Crippen molar-refractivity contribution in [3.05, 3.63) is 34.8 Å². The molecule has 1 aromatic carbocycles. The quantitative estimate of drug-likeness (QED) is 0.448. The Kier molecular flexibility index (Phi) is 5.29. The number of imide groups is 1. The Morgan fingerprint density at radius 1 is 1.32 bits per heavy atom. The first kappa shape index (κ1) is 17.4. The van der Waals surface area contributed by atoms with Gasteiger partial charge in [0, 0.05) is 23.5 Å². The van der Waals surface area contributed by atoms with Gasteiger partial charge in [-0.1, -0.05) is 23.1 Å². The van der Waals surface area contributed by atoms with E-state index in [0.29, 0.717) is 23.5 Å². The summed E-state index contributed by atoms with van der Waals surface area (Å²) in [6.45, 7) is 2.40. The zero-order valence-electron chi connectivity index (χ0n) is 13.3. The minimum absolute atomic E-state index is 0.00726.